The van der Waals surface area contributed by atoms with Crippen LogP contribution in [0.4, 0.5) is 0 Å². The minimum absolute atomic E-state index is 0.219. The van der Waals surface area contributed by atoms with Crippen LogP contribution in [0.1, 0.15) is 70.9 Å². The fourth-order valence-corrected chi connectivity index (χ4v) is 2.24. The number of aryl methyl sites for hydroxylation is 1. The molecule has 0 amide bonds. The molecule has 1 aromatic heterocycles. The Balaban J connectivity index is 2.70. The number of hydrogen-bond donors (Lipinski definition) is 0. The second-order valence-corrected chi connectivity index (χ2v) is 6.20. The molecule has 0 bridgehead atoms. The fraction of sp³-hybridized carbons (Fsp3) is 0.769. The van der Waals surface area contributed by atoms with E-state index in [1.807, 2.05) is 0 Å². The maximum Gasteiger partial charge on any atom is 0.515 e. The first-order valence-corrected chi connectivity index (χ1v) is 6.34. The second kappa shape index (κ2) is 4.32. The van der Waals surface area contributed by atoms with Crippen molar-refractivity contribution in [2.24, 2.45) is 0 Å². The van der Waals surface area contributed by atoms with E-state index in [1.165, 1.54) is 0 Å². The molecule has 1 saturated heterocycles. The zero-order chi connectivity index (χ0) is 22.1. The van der Waals surface area contributed by atoms with Crippen LogP contribution in [0, 0.1) is 6.85 Å². The van der Waals surface area contributed by atoms with E-state index in [-0.39, 0.29) is 10.5 Å². The highest BCUT2D eigenvalue weighted by Crippen LogP contribution is 2.37. The minimum Gasteiger partial charge on any atom is -0.398 e. The van der Waals surface area contributed by atoms with Crippen LogP contribution < -0.4 is 5.59 Å². The molecule has 1 aromatic rings. The average Bonchev–Trinajstić information content (AvgIpc) is 2.95. The Kier molecular flexibility index (Phi) is 1.43. The van der Waals surface area contributed by atoms with Crippen molar-refractivity contribution in [2.75, 3.05) is 0 Å². The predicted octanol–water partition coefficient (Wildman–Crippen LogP) is 2.87. The summed E-state index contributed by atoms with van der Waals surface area (Å²) in [6, 6.07) is 0. The molecular weight excluding hydrogens is 245 g/mol. The molecule has 1 aliphatic rings. The normalized spacial score (nSPS) is 32.8. The Morgan fingerprint density at radius 2 is 1.89 bits per heavy atom. The van der Waals surface area contributed by atoms with Gasteiger partial charge in [-0.3, -0.25) is 0 Å². The third-order valence-corrected chi connectivity index (χ3v) is 4.25. The lowest BCUT2D eigenvalue weighted by atomic mass is 9.84. The molecule has 2 heterocycles. The first kappa shape index (κ1) is 5.94. The Hall–Kier alpha value is -0.385. The van der Waals surface area contributed by atoms with E-state index >= 15 is 0 Å². The van der Waals surface area contributed by atoms with Crippen LogP contribution in [-0.2, 0) is 9.31 Å². The summed E-state index contributed by atoms with van der Waals surface area (Å²) in [7, 11) is -1.23. The highest BCUT2D eigenvalue weighted by Gasteiger charge is 2.53. The molecule has 0 N–H and O–H groups in total. The van der Waals surface area contributed by atoms with Crippen LogP contribution in [0.3, 0.4) is 0 Å². The number of aromatic nitrogens is 1. The molecule has 0 aliphatic carbocycles. The Labute approximate surface area is 128 Å². The van der Waals surface area contributed by atoms with Gasteiger partial charge in [-0.15, -0.1) is 11.3 Å². The topological polar surface area (TPSA) is 31.4 Å². The van der Waals surface area contributed by atoms with Crippen molar-refractivity contribution in [3.63, 3.8) is 0 Å². The minimum atomic E-state index is -3.27. The summed E-state index contributed by atoms with van der Waals surface area (Å²) in [5.41, 5.74) is -1.86. The van der Waals surface area contributed by atoms with E-state index in [9.17, 15) is 0 Å². The van der Waals surface area contributed by atoms with Gasteiger partial charge in [-0.25, -0.2) is 4.98 Å². The average molecular weight is 277 g/mol. The monoisotopic (exact) mass is 277 g/mol. The van der Waals surface area contributed by atoms with Gasteiger partial charge in [-0.1, -0.05) is 13.7 Å². The van der Waals surface area contributed by atoms with Gasteiger partial charge in [0.1, 0.15) is 0 Å². The van der Waals surface area contributed by atoms with E-state index in [0.717, 1.165) is 0 Å². The molecule has 0 aromatic carbocycles. The molecule has 0 spiro atoms. The lowest BCUT2D eigenvalue weighted by Gasteiger charge is -2.32. The lowest BCUT2D eigenvalue weighted by Crippen LogP contribution is -2.41. The van der Waals surface area contributed by atoms with E-state index < -0.39 is 49.8 Å². The first-order valence-electron chi connectivity index (χ1n) is 10.5. The quantitative estimate of drug-likeness (QED) is 0.779. The SMILES string of the molecule is [2H]C([2H])([2H])c1sc(C([2H])(C([2H])([2H])[2H])C([2H])([2H])[2H])nc1B1OC(C)(C)C(C)(C)O1. The molecule has 100 valence electrons. The molecule has 3 nitrogen and oxygen atoms in total. The van der Waals surface area contributed by atoms with Crippen LogP contribution in [0.15, 0.2) is 0 Å². The Bertz CT molecular complexity index is 722. The van der Waals surface area contributed by atoms with E-state index in [1.54, 1.807) is 27.7 Å². The lowest BCUT2D eigenvalue weighted by molar-refractivity contribution is 0.00578. The number of thiazole rings is 1. The molecule has 5 heteroatoms. The van der Waals surface area contributed by atoms with Crippen molar-refractivity contribution in [1.29, 1.82) is 0 Å². The van der Waals surface area contributed by atoms with Crippen molar-refractivity contribution in [2.45, 2.75) is 65.3 Å². The summed E-state index contributed by atoms with van der Waals surface area (Å²) in [6.07, 6.45) is 0. The summed E-state index contributed by atoms with van der Waals surface area (Å²) in [5, 5.41) is -0.636. The van der Waals surface area contributed by atoms with Crippen LogP contribution in [-0.4, -0.2) is 23.3 Å². The van der Waals surface area contributed by atoms with Crippen molar-refractivity contribution < 1.29 is 23.0 Å². The van der Waals surface area contributed by atoms with Crippen molar-refractivity contribution in [3.05, 3.63) is 9.88 Å². The molecule has 1 fully saturated rings. The van der Waals surface area contributed by atoms with Crippen molar-refractivity contribution in [3.8, 4) is 0 Å². The molecular formula is C13H22BNO2S. The number of hydrogen-bond acceptors (Lipinski definition) is 4. The predicted molar refractivity (Wildman–Crippen MR) is 76.7 cm³/mol. The zero-order valence-corrected chi connectivity index (χ0v) is 11.6. The fourth-order valence-electron chi connectivity index (χ4n) is 1.55. The third-order valence-electron chi connectivity index (χ3n) is 3.34. The standard InChI is InChI=1S/C13H22BNO2S/c1-8(2)11-15-10(9(3)18-11)14-16-12(4,5)13(6,7)17-14/h8H,1-7H3/i1D3,2D3,3D3,8D. The van der Waals surface area contributed by atoms with Gasteiger partial charge in [-0.2, -0.15) is 0 Å². The van der Waals surface area contributed by atoms with E-state index in [4.69, 9.17) is 23.0 Å². The van der Waals surface area contributed by atoms with Gasteiger partial charge < -0.3 is 9.31 Å². The summed E-state index contributed by atoms with van der Waals surface area (Å²) >= 11 is 0.373. The highest BCUT2D eigenvalue weighted by atomic mass is 32.1. The highest BCUT2D eigenvalue weighted by molar-refractivity contribution is 7.12. The Morgan fingerprint density at radius 1 is 1.28 bits per heavy atom. The van der Waals surface area contributed by atoms with Crippen molar-refractivity contribution in [1.82, 2.24) is 4.98 Å². The van der Waals surface area contributed by atoms with Gasteiger partial charge in [0.25, 0.3) is 0 Å². The molecule has 0 radical (unpaired) electrons. The van der Waals surface area contributed by atoms with Gasteiger partial charge >= 0.3 is 7.12 Å². The van der Waals surface area contributed by atoms with Crippen molar-refractivity contribution >= 4 is 24.0 Å². The molecule has 2 rings (SSSR count). The first-order chi connectivity index (χ1) is 12.2. The number of nitrogens with zero attached hydrogens (tertiary/aromatic N) is 1. The van der Waals surface area contributed by atoms with Crippen LogP contribution in [0.2, 0.25) is 0 Å². The summed E-state index contributed by atoms with van der Waals surface area (Å²) in [4.78, 5) is 3.64. The summed E-state index contributed by atoms with van der Waals surface area (Å²) in [6.45, 7) is -2.28. The van der Waals surface area contributed by atoms with E-state index in [0.29, 0.717) is 11.3 Å². The van der Waals surface area contributed by atoms with Gasteiger partial charge in [-0.05, 0) is 34.5 Å². The molecule has 0 saturated carbocycles. The zero-order valence-electron chi connectivity index (χ0n) is 20.7. The maximum atomic E-state index is 8.26. The van der Waals surface area contributed by atoms with Gasteiger partial charge in [0.2, 0.25) is 0 Å². The molecule has 0 unspecified atom stereocenters. The molecule has 1 aliphatic heterocycles. The maximum absolute atomic E-state index is 8.26. The van der Waals surface area contributed by atoms with Gasteiger partial charge in [0.15, 0.2) is 0 Å². The van der Waals surface area contributed by atoms with Crippen LogP contribution in [0.25, 0.3) is 0 Å². The number of rotatable bonds is 2. The van der Waals surface area contributed by atoms with Crippen LogP contribution in [0.5, 0.6) is 0 Å². The smallest absolute Gasteiger partial charge is 0.398 e. The van der Waals surface area contributed by atoms with E-state index in [2.05, 4.69) is 4.98 Å². The summed E-state index contributed by atoms with van der Waals surface area (Å²) in [5.74, 6) is -3.09. The third kappa shape index (κ3) is 2.24. The molecule has 18 heavy (non-hydrogen) atoms. The van der Waals surface area contributed by atoms with Gasteiger partial charge in [0, 0.05) is 24.5 Å². The molecule has 0 atom stereocenters. The Morgan fingerprint density at radius 3 is 2.39 bits per heavy atom. The largest absolute Gasteiger partial charge is 0.515 e. The second-order valence-electron chi connectivity index (χ2n) is 5.20. The summed E-state index contributed by atoms with van der Waals surface area (Å²) < 4.78 is 88.8. The van der Waals surface area contributed by atoms with Crippen LogP contribution >= 0.6 is 11.3 Å². The van der Waals surface area contributed by atoms with Gasteiger partial charge in [0.05, 0.1) is 21.8 Å².